The molecule has 0 saturated carbocycles. The Kier molecular flexibility index (Phi) is 6.42. The minimum atomic E-state index is -0.561. The molecule has 108 valence electrons. The van der Waals surface area contributed by atoms with Crippen molar-refractivity contribution in [1.29, 1.82) is 0 Å². The second kappa shape index (κ2) is 7.84. The SMILES string of the molecule is CCC(N)Cc1cc(OC)c(OCCF)c(OC)c1. The molecule has 1 rings (SSSR count). The summed E-state index contributed by atoms with van der Waals surface area (Å²) in [7, 11) is 3.08. The molecule has 1 aromatic rings. The van der Waals surface area contributed by atoms with Gasteiger partial charge in [-0.1, -0.05) is 6.92 Å². The van der Waals surface area contributed by atoms with Crippen molar-refractivity contribution in [2.75, 3.05) is 27.5 Å². The van der Waals surface area contributed by atoms with Crippen LogP contribution >= 0.6 is 0 Å². The minimum absolute atomic E-state index is 0.0272. The minimum Gasteiger partial charge on any atom is -0.493 e. The quantitative estimate of drug-likeness (QED) is 0.788. The number of benzene rings is 1. The van der Waals surface area contributed by atoms with Crippen LogP contribution in [0.25, 0.3) is 0 Å². The first-order chi connectivity index (χ1) is 9.15. The van der Waals surface area contributed by atoms with E-state index in [1.807, 2.05) is 19.1 Å². The molecule has 0 aliphatic rings. The van der Waals surface area contributed by atoms with Gasteiger partial charge in [-0.25, -0.2) is 4.39 Å². The number of nitrogens with two attached hydrogens (primary N) is 1. The highest BCUT2D eigenvalue weighted by Gasteiger charge is 2.15. The third kappa shape index (κ3) is 4.28. The number of ether oxygens (including phenoxy) is 3. The molecule has 19 heavy (non-hydrogen) atoms. The molecule has 0 amide bonds. The van der Waals surface area contributed by atoms with Gasteiger partial charge in [0.15, 0.2) is 11.5 Å². The molecule has 4 nitrogen and oxygen atoms in total. The van der Waals surface area contributed by atoms with Crippen molar-refractivity contribution < 1.29 is 18.6 Å². The van der Waals surface area contributed by atoms with Crippen LogP contribution in [0.15, 0.2) is 12.1 Å². The maximum absolute atomic E-state index is 12.2. The Morgan fingerprint density at radius 3 is 2.21 bits per heavy atom. The Hall–Kier alpha value is -1.49. The zero-order valence-corrected chi connectivity index (χ0v) is 11.7. The highest BCUT2D eigenvalue weighted by molar-refractivity contribution is 5.54. The first kappa shape index (κ1) is 15.6. The molecule has 0 fully saturated rings. The number of hydrogen-bond donors (Lipinski definition) is 1. The molecule has 1 unspecified atom stereocenters. The van der Waals surface area contributed by atoms with Crippen LogP contribution in [-0.4, -0.2) is 33.5 Å². The maximum atomic E-state index is 12.2. The Balaban J connectivity index is 3.04. The van der Waals surface area contributed by atoms with E-state index >= 15 is 0 Å². The van der Waals surface area contributed by atoms with E-state index in [4.69, 9.17) is 19.9 Å². The molecule has 0 spiro atoms. The van der Waals surface area contributed by atoms with Crippen molar-refractivity contribution in [3.05, 3.63) is 17.7 Å². The number of alkyl halides is 1. The predicted molar refractivity (Wildman–Crippen MR) is 73.0 cm³/mol. The molecule has 2 N–H and O–H groups in total. The summed E-state index contributed by atoms with van der Waals surface area (Å²) in [5.74, 6) is 1.49. The molecule has 1 atom stereocenters. The van der Waals surface area contributed by atoms with Crippen LogP contribution in [0, 0.1) is 0 Å². The van der Waals surface area contributed by atoms with E-state index in [0.29, 0.717) is 17.2 Å². The fraction of sp³-hybridized carbons (Fsp3) is 0.571. The zero-order chi connectivity index (χ0) is 14.3. The second-order valence-electron chi connectivity index (χ2n) is 4.24. The van der Waals surface area contributed by atoms with Crippen molar-refractivity contribution in [3.63, 3.8) is 0 Å². The summed E-state index contributed by atoms with van der Waals surface area (Å²) in [5, 5.41) is 0. The van der Waals surface area contributed by atoms with Gasteiger partial charge in [-0.15, -0.1) is 0 Å². The summed E-state index contributed by atoms with van der Waals surface area (Å²) in [5.41, 5.74) is 6.95. The highest BCUT2D eigenvalue weighted by atomic mass is 19.1. The molecule has 0 aromatic heterocycles. The molecule has 0 radical (unpaired) electrons. The van der Waals surface area contributed by atoms with Crippen LogP contribution in [0.1, 0.15) is 18.9 Å². The summed E-state index contributed by atoms with van der Waals surface area (Å²) >= 11 is 0. The van der Waals surface area contributed by atoms with Gasteiger partial charge in [0, 0.05) is 6.04 Å². The molecule has 0 aliphatic heterocycles. The molecular formula is C14H22FNO3. The lowest BCUT2D eigenvalue weighted by molar-refractivity contribution is 0.247. The van der Waals surface area contributed by atoms with Gasteiger partial charge in [-0.3, -0.25) is 0 Å². The number of rotatable bonds is 8. The number of halogens is 1. The van der Waals surface area contributed by atoms with E-state index in [1.165, 1.54) is 0 Å². The molecule has 0 aliphatic carbocycles. The second-order valence-corrected chi connectivity index (χ2v) is 4.24. The van der Waals surface area contributed by atoms with Gasteiger partial charge in [0.2, 0.25) is 5.75 Å². The van der Waals surface area contributed by atoms with Crippen molar-refractivity contribution >= 4 is 0 Å². The standard InChI is InChI=1S/C14H22FNO3/c1-4-11(16)7-10-8-12(17-2)14(19-6-5-15)13(9-10)18-3/h8-9,11H,4-7,16H2,1-3H3. The van der Waals surface area contributed by atoms with Crippen LogP contribution in [0.3, 0.4) is 0 Å². The largest absolute Gasteiger partial charge is 0.493 e. The van der Waals surface area contributed by atoms with Gasteiger partial charge < -0.3 is 19.9 Å². The fourth-order valence-corrected chi connectivity index (χ4v) is 1.78. The molecular weight excluding hydrogens is 249 g/mol. The molecule has 0 saturated heterocycles. The Morgan fingerprint density at radius 1 is 1.21 bits per heavy atom. The average molecular weight is 271 g/mol. The first-order valence-electron chi connectivity index (χ1n) is 6.35. The maximum Gasteiger partial charge on any atom is 0.203 e. The van der Waals surface area contributed by atoms with Crippen LogP contribution in [0.5, 0.6) is 17.2 Å². The van der Waals surface area contributed by atoms with Gasteiger partial charge in [0.05, 0.1) is 14.2 Å². The van der Waals surface area contributed by atoms with Crippen LogP contribution in [-0.2, 0) is 6.42 Å². The number of hydrogen-bond acceptors (Lipinski definition) is 4. The Morgan fingerprint density at radius 2 is 1.79 bits per heavy atom. The third-order valence-corrected chi connectivity index (χ3v) is 2.87. The van der Waals surface area contributed by atoms with E-state index in [2.05, 4.69) is 0 Å². The highest BCUT2D eigenvalue weighted by Crippen LogP contribution is 2.38. The monoisotopic (exact) mass is 271 g/mol. The summed E-state index contributed by atoms with van der Waals surface area (Å²) < 4.78 is 28.1. The van der Waals surface area contributed by atoms with E-state index in [1.54, 1.807) is 14.2 Å². The molecule has 1 aromatic carbocycles. The van der Waals surface area contributed by atoms with E-state index in [9.17, 15) is 4.39 Å². The molecule has 5 heteroatoms. The van der Waals surface area contributed by atoms with Crippen molar-refractivity contribution in [3.8, 4) is 17.2 Å². The summed E-state index contributed by atoms with van der Waals surface area (Å²) in [4.78, 5) is 0. The molecule has 0 heterocycles. The average Bonchev–Trinajstić information content (AvgIpc) is 2.44. The van der Waals surface area contributed by atoms with Gasteiger partial charge in [0.1, 0.15) is 13.3 Å². The van der Waals surface area contributed by atoms with Crippen LogP contribution in [0.2, 0.25) is 0 Å². The molecule has 0 bridgehead atoms. The lowest BCUT2D eigenvalue weighted by Crippen LogP contribution is -2.21. The van der Waals surface area contributed by atoms with Gasteiger partial charge in [-0.05, 0) is 30.5 Å². The van der Waals surface area contributed by atoms with Gasteiger partial charge in [0.25, 0.3) is 0 Å². The van der Waals surface area contributed by atoms with Crippen molar-refractivity contribution in [2.45, 2.75) is 25.8 Å². The smallest absolute Gasteiger partial charge is 0.203 e. The van der Waals surface area contributed by atoms with E-state index < -0.39 is 6.67 Å². The summed E-state index contributed by atoms with van der Waals surface area (Å²) in [6, 6.07) is 3.80. The van der Waals surface area contributed by atoms with Gasteiger partial charge >= 0.3 is 0 Å². The Labute approximate surface area is 113 Å². The fourth-order valence-electron chi connectivity index (χ4n) is 1.78. The summed E-state index contributed by atoms with van der Waals surface area (Å²) in [6.07, 6.45) is 1.62. The van der Waals surface area contributed by atoms with Crippen molar-refractivity contribution in [1.82, 2.24) is 0 Å². The first-order valence-corrected chi connectivity index (χ1v) is 6.35. The predicted octanol–water partition coefficient (Wildman–Crippen LogP) is 2.33. The normalized spacial score (nSPS) is 12.1. The topological polar surface area (TPSA) is 53.7 Å². The third-order valence-electron chi connectivity index (χ3n) is 2.87. The lowest BCUT2D eigenvalue weighted by atomic mass is 10.0. The van der Waals surface area contributed by atoms with Gasteiger partial charge in [-0.2, -0.15) is 0 Å². The Bertz CT molecular complexity index is 373. The van der Waals surface area contributed by atoms with Crippen molar-refractivity contribution in [2.24, 2.45) is 5.73 Å². The zero-order valence-electron chi connectivity index (χ0n) is 11.7. The summed E-state index contributed by atoms with van der Waals surface area (Å²) in [6.45, 7) is 1.45. The number of methoxy groups -OCH3 is 2. The van der Waals surface area contributed by atoms with Crippen LogP contribution in [0.4, 0.5) is 4.39 Å². The lowest BCUT2D eigenvalue weighted by Gasteiger charge is -2.16. The van der Waals surface area contributed by atoms with E-state index in [-0.39, 0.29) is 12.6 Å². The van der Waals surface area contributed by atoms with E-state index in [0.717, 1.165) is 18.4 Å². The van der Waals surface area contributed by atoms with Crippen LogP contribution < -0.4 is 19.9 Å².